The van der Waals surface area contributed by atoms with Crippen LogP contribution < -0.4 is 4.74 Å². The molecule has 0 bridgehead atoms. The molecule has 0 heterocycles. The van der Waals surface area contributed by atoms with Crippen LogP contribution >= 0.6 is 23.2 Å². The van der Waals surface area contributed by atoms with Crippen molar-refractivity contribution in [3.8, 4) is 5.75 Å². The van der Waals surface area contributed by atoms with Gasteiger partial charge < -0.3 is 4.74 Å². The maximum Gasteiger partial charge on any atom is 0.159 e. The summed E-state index contributed by atoms with van der Waals surface area (Å²) < 4.78 is 31.4. The van der Waals surface area contributed by atoms with Crippen molar-refractivity contribution in [2.24, 2.45) is 0 Å². The van der Waals surface area contributed by atoms with E-state index in [1.807, 2.05) is 0 Å². The number of benzene rings is 2. The molecule has 0 saturated heterocycles. The molecule has 0 radical (unpaired) electrons. The molecule has 0 aliphatic heterocycles. The van der Waals surface area contributed by atoms with Gasteiger partial charge in [-0.2, -0.15) is 0 Å². The molecular weight excluding hydrogens is 293 g/mol. The Balaban J connectivity index is 2.14. The molecule has 0 aliphatic carbocycles. The van der Waals surface area contributed by atoms with Crippen LogP contribution in [0.25, 0.3) is 0 Å². The topological polar surface area (TPSA) is 9.23 Å². The molecule has 0 aromatic heterocycles. The number of ether oxygens (including phenoxy) is 1. The van der Waals surface area contributed by atoms with Crippen LogP contribution in [0.4, 0.5) is 8.78 Å². The molecule has 2 rings (SSSR count). The van der Waals surface area contributed by atoms with Gasteiger partial charge in [0.2, 0.25) is 0 Å². The van der Waals surface area contributed by atoms with Crippen molar-refractivity contribution in [2.45, 2.75) is 12.5 Å². The predicted octanol–water partition coefficient (Wildman–Crippen LogP) is 4.94. The van der Waals surface area contributed by atoms with Gasteiger partial charge in [0.25, 0.3) is 0 Å². The van der Waals surface area contributed by atoms with E-state index in [0.29, 0.717) is 21.9 Å². The lowest BCUT2D eigenvalue weighted by molar-refractivity contribution is 0.302. The molecule has 2 aromatic carbocycles. The minimum Gasteiger partial charge on any atom is -0.489 e. The van der Waals surface area contributed by atoms with E-state index in [9.17, 15) is 8.78 Å². The van der Waals surface area contributed by atoms with Crippen molar-refractivity contribution in [3.05, 3.63) is 64.2 Å². The van der Waals surface area contributed by atoms with Gasteiger partial charge in [-0.3, -0.25) is 0 Å². The maximum absolute atomic E-state index is 13.0. The van der Waals surface area contributed by atoms with Crippen LogP contribution in [0.1, 0.15) is 11.1 Å². The first-order valence-corrected chi connectivity index (χ1v) is 6.43. The molecule has 0 aliphatic rings. The Morgan fingerprint density at radius 3 is 2.53 bits per heavy atom. The van der Waals surface area contributed by atoms with Crippen molar-refractivity contribution in [3.63, 3.8) is 0 Å². The second-order valence-electron chi connectivity index (χ2n) is 3.89. The van der Waals surface area contributed by atoms with E-state index in [1.54, 1.807) is 18.2 Å². The number of alkyl halides is 1. The highest BCUT2D eigenvalue weighted by Gasteiger charge is 2.08. The highest BCUT2D eigenvalue weighted by atomic mass is 35.5. The third-order valence-corrected chi connectivity index (χ3v) is 3.21. The molecule has 0 unspecified atom stereocenters. The molecule has 0 atom stereocenters. The normalized spacial score (nSPS) is 10.5. The third kappa shape index (κ3) is 3.37. The van der Waals surface area contributed by atoms with E-state index in [1.165, 1.54) is 6.07 Å². The molecule has 0 N–H and O–H groups in total. The Morgan fingerprint density at radius 2 is 1.84 bits per heavy atom. The lowest BCUT2D eigenvalue weighted by Gasteiger charge is -2.11. The Labute approximate surface area is 119 Å². The van der Waals surface area contributed by atoms with Gasteiger partial charge in [-0.15, -0.1) is 11.6 Å². The summed E-state index contributed by atoms with van der Waals surface area (Å²) in [6.07, 6.45) is 0. The summed E-state index contributed by atoms with van der Waals surface area (Å²) in [5.74, 6) is -1.03. The van der Waals surface area contributed by atoms with E-state index in [-0.39, 0.29) is 12.5 Å². The van der Waals surface area contributed by atoms with Gasteiger partial charge in [0.05, 0.1) is 5.88 Å². The second kappa shape index (κ2) is 6.22. The molecule has 0 fully saturated rings. The first kappa shape index (κ1) is 14.1. The summed E-state index contributed by atoms with van der Waals surface area (Å²) in [6.45, 7) is 0.113. The largest absolute Gasteiger partial charge is 0.489 e. The fourth-order valence-electron chi connectivity index (χ4n) is 1.59. The number of rotatable bonds is 4. The summed E-state index contributed by atoms with van der Waals surface area (Å²) in [5, 5.41) is 0.512. The minimum absolute atomic E-state index is 0.113. The van der Waals surface area contributed by atoms with Crippen LogP contribution in [0, 0.1) is 11.6 Å². The van der Waals surface area contributed by atoms with Gasteiger partial charge in [-0.05, 0) is 29.8 Å². The van der Waals surface area contributed by atoms with Crippen molar-refractivity contribution < 1.29 is 13.5 Å². The highest BCUT2D eigenvalue weighted by Crippen LogP contribution is 2.28. The van der Waals surface area contributed by atoms with Crippen molar-refractivity contribution in [1.29, 1.82) is 0 Å². The van der Waals surface area contributed by atoms with E-state index in [2.05, 4.69) is 0 Å². The van der Waals surface area contributed by atoms with Crippen molar-refractivity contribution in [2.75, 3.05) is 0 Å². The lowest BCUT2D eigenvalue weighted by Crippen LogP contribution is -1.99. The number of hydrogen-bond acceptors (Lipinski definition) is 1. The SMILES string of the molecule is Fc1ccc(COc2cccc(Cl)c2CCl)cc1F. The van der Waals surface area contributed by atoms with E-state index >= 15 is 0 Å². The molecule has 1 nitrogen and oxygen atoms in total. The first-order chi connectivity index (χ1) is 9.11. The highest BCUT2D eigenvalue weighted by molar-refractivity contribution is 6.32. The zero-order valence-corrected chi connectivity index (χ0v) is 11.3. The van der Waals surface area contributed by atoms with Crippen LogP contribution in [0.5, 0.6) is 5.75 Å². The van der Waals surface area contributed by atoms with Crippen molar-refractivity contribution in [1.82, 2.24) is 0 Å². The molecule has 5 heteroatoms. The Hall–Kier alpha value is -1.32. The summed E-state index contributed by atoms with van der Waals surface area (Å²) >= 11 is 11.8. The van der Waals surface area contributed by atoms with E-state index < -0.39 is 11.6 Å². The fraction of sp³-hybridized carbons (Fsp3) is 0.143. The van der Waals surface area contributed by atoms with E-state index in [0.717, 1.165) is 12.1 Å². The van der Waals surface area contributed by atoms with Crippen molar-refractivity contribution >= 4 is 23.2 Å². The molecular formula is C14H10Cl2F2O. The minimum atomic E-state index is -0.898. The monoisotopic (exact) mass is 302 g/mol. The quantitative estimate of drug-likeness (QED) is 0.727. The van der Waals surface area contributed by atoms with Gasteiger partial charge >= 0.3 is 0 Å². The van der Waals surface area contributed by atoms with Gasteiger partial charge in [-0.1, -0.05) is 23.7 Å². The lowest BCUT2D eigenvalue weighted by atomic mass is 10.2. The first-order valence-electron chi connectivity index (χ1n) is 5.52. The number of hydrogen-bond donors (Lipinski definition) is 0. The summed E-state index contributed by atoms with van der Waals surface area (Å²) in [6, 6.07) is 8.80. The van der Waals surface area contributed by atoms with Crippen LogP contribution in [-0.4, -0.2) is 0 Å². The van der Waals surface area contributed by atoms with Crippen LogP contribution in [0.15, 0.2) is 36.4 Å². The zero-order valence-electron chi connectivity index (χ0n) is 9.80. The third-order valence-electron chi connectivity index (χ3n) is 2.59. The molecule has 19 heavy (non-hydrogen) atoms. The molecule has 0 amide bonds. The fourth-order valence-corrected chi connectivity index (χ4v) is 2.17. The molecule has 0 spiro atoms. The Bertz CT molecular complexity index is 588. The van der Waals surface area contributed by atoms with Crippen LogP contribution in [-0.2, 0) is 12.5 Å². The smallest absolute Gasteiger partial charge is 0.159 e. The maximum atomic E-state index is 13.0. The van der Waals surface area contributed by atoms with Gasteiger partial charge in [0, 0.05) is 10.6 Å². The summed E-state index contributed by atoms with van der Waals surface area (Å²) in [4.78, 5) is 0. The summed E-state index contributed by atoms with van der Waals surface area (Å²) in [5.41, 5.74) is 1.20. The summed E-state index contributed by atoms with van der Waals surface area (Å²) in [7, 11) is 0. The Morgan fingerprint density at radius 1 is 1.05 bits per heavy atom. The van der Waals surface area contributed by atoms with E-state index in [4.69, 9.17) is 27.9 Å². The average molecular weight is 303 g/mol. The predicted molar refractivity (Wildman–Crippen MR) is 71.7 cm³/mol. The van der Waals surface area contributed by atoms with Crippen LogP contribution in [0.2, 0.25) is 5.02 Å². The van der Waals surface area contributed by atoms with Gasteiger partial charge in [-0.25, -0.2) is 8.78 Å². The second-order valence-corrected chi connectivity index (χ2v) is 4.56. The molecule has 2 aromatic rings. The van der Waals surface area contributed by atoms with Gasteiger partial charge in [0.15, 0.2) is 11.6 Å². The molecule has 100 valence electrons. The Kier molecular flexibility index (Phi) is 4.61. The van der Waals surface area contributed by atoms with Gasteiger partial charge in [0.1, 0.15) is 12.4 Å². The average Bonchev–Trinajstić information content (AvgIpc) is 2.40. The number of halogens is 4. The standard InChI is InChI=1S/C14H10Cl2F2O/c15-7-10-11(16)2-1-3-14(10)19-8-9-4-5-12(17)13(18)6-9/h1-6H,7-8H2. The van der Waals surface area contributed by atoms with Crippen LogP contribution in [0.3, 0.4) is 0 Å². The molecule has 0 saturated carbocycles. The zero-order chi connectivity index (χ0) is 13.8.